The van der Waals surface area contributed by atoms with Crippen molar-refractivity contribution in [1.82, 2.24) is 14.5 Å². The van der Waals surface area contributed by atoms with Crippen molar-refractivity contribution in [2.45, 2.75) is 6.42 Å². The summed E-state index contributed by atoms with van der Waals surface area (Å²) in [6.45, 7) is 0. The number of hydrogen-bond donors (Lipinski definition) is 1. The molecule has 0 radical (unpaired) electrons. The van der Waals surface area contributed by atoms with Crippen LogP contribution in [0.15, 0.2) is 53.7 Å². The number of nitrogens with zero attached hydrogens (tertiary/aromatic N) is 4. The summed E-state index contributed by atoms with van der Waals surface area (Å²) >= 11 is 0. The highest BCUT2D eigenvalue weighted by Gasteiger charge is 2.17. The number of imidazole rings is 1. The lowest BCUT2D eigenvalue weighted by Gasteiger charge is -2.02. The zero-order valence-electron chi connectivity index (χ0n) is 13.2. The van der Waals surface area contributed by atoms with Crippen molar-refractivity contribution in [3.63, 3.8) is 0 Å². The molecule has 5 nitrogen and oxygen atoms in total. The van der Waals surface area contributed by atoms with Gasteiger partial charge in [0.1, 0.15) is 11.5 Å². The van der Waals surface area contributed by atoms with Crippen LogP contribution in [-0.2, 0) is 13.5 Å². The molecule has 118 valence electrons. The van der Waals surface area contributed by atoms with Gasteiger partial charge in [0.05, 0.1) is 0 Å². The molecule has 4 rings (SSSR count). The normalized spacial score (nSPS) is 14.3. The van der Waals surface area contributed by atoms with Crippen LogP contribution in [0.3, 0.4) is 0 Å². The zero-order chi connectivity index (χ0) is 16.5. The monoisotopic (exact) mass is 316 g/mol. The van der Waals surface area contributed by atoms with Gasteiger partial charge in [0.2, 0.25) is 5.88 Å². The zero-order valence-corrected chi connectivity index (χ0v) is 13.2. The molecule has 0 saturated carbocycles. The third-order valence-corrected chi connectivity index (χ3v) is 4.10. The Hall–Kier alpha value is -3.21. The molecule has 0 unspecified atom stereocenters. The first-order valence-electron chi connectivity index (χ1n) is 7.72. The van der Waals surface area contributed by atoms with E-state index in [2.05, 4.69) is 27.1 Å². The number of fused-ring (bicyclic) bond motifs is 1. The Morgan fingerprint density at radius 1 is 1.12 bits per heavy atom. The van der Waals surface area contributed by atoms with Crippen LogP contribution in [0.4, 0.5) is 5.82 Å². The van der Waals surface area contributed by atoms with Crippen molar-refractivity contribution in [1.29, 1.82) is 0 Å². The first-order chi connectivity index (χ1) is 11.7. The Balaban J connectivity index is 1.69. The van der Waals surface area contributed by atoms with Crippen molar-refractivity contribution in [3.8, 4) is 5.88 Å². The fourth-order valence-corrected chi connectivity index (χ4v) is 2.78. The molecule has 3 aromatic rings. The van der Waals surface area contributed by atoms with E-state index >= 15 is 0 Å². The maximum atomic E-state index is 10.4. The minimum atomic E-state index is 0.152. The molecule has 0 aliphatic carbocycles. The van der Waals surface area contributed by atoms with Gasteiger partial charge in [-0.05, 0) is 23.8 Å². The van der Waals surface area contributed by atoms with E-state index in [1.165, 1.54) is 0 Å². The minimum Gasteiger partial charge on any atom is -0.493 e. The molecule has 0 atom stereocenters. The van der Waals surface area contributed by atoms with Crippen molar-refractivity contribution in [3.05, 3.63) is 71.3 Å². The quantitative estimate of drug-likeness (QED) is 0.806. The van der Waals surface area contributed by atoms with Crippen LogP contribution in [0, 0.1) is 0 Å². The second-order valence-electron chi connectivity index (χ2n) is 5.69. The van der Waals surface area contributed by atoms with E-state index in [0.717, 1.165) is 22.5 Å². The Labute approximate surface area is 139 Å². The average molecular weight is 316 g/mol. The fourth-order valence-electron chi connectivity index (χ4n) is 2.78. The van der Waals surface area contributed by atoms with Gasteiger partial charge in [-0.3, -0.25) is 0 Å². The molecule has 1 aromatic carbocycles. The summed E-state index contributed by atoms with van der Waals surface area (Å²) in [4.78, 5) is 13.1. The summed E-state index contributed by atoms with van der Waals surface area (Å²) in [6.07, 6.45) is 5.99. The van der Waals surface area contributed by atoms with Gasteiger partial charge < -0.3 is 9.67 Å². The second kappa shape index (κ2) is 5.77. The van der Waals surface area contributed by atoms with Gasteiger partial charge in [0.15, 0.2) is 5.82 Å². The van der Waals surface area contributed by atoms with Crippen LogP contribution in [0.5, 0.6) is 5.88 Å². The number of aromatic nitrogens is 3. The summed E-state index contributed by atoms with van der Waals surface area (Å²) in [7, 11) is 1.82. The average Bonchev–Trinajstić information content (AvgIpc) is 3.13. The highest BCUT2D eigenvalue weighted by atomic mass is 16.3. The highest BCUT2D eigenvalue weighted by Crippen LogP contribution is 2.32. The van der Waals surface area contributed by atoms with Crippen LogP contribution in [0.25, 0.3) is 11.6 Å². The van der Waals surface area contributed by atoms with Crippen LogP contribution in [0.1, 0.15) is 22.6 Å². The van der Waals surface area contributed by atoms with Gasteiger partial charge in [-0.1, -0.05) is 30.3 Å². The lowest BCUT2D eigenvalue weighted by molar-refractivity contribution is 0.428. The smallest absolute Gasteiger partial charge is 0.218 e. The predicted molar refractivity (Wildman–Crippen MR) is 94.4 cm³/mol. The van der Waals surface area contributed by atoms with Gasteiger partial charge in [0.25, 0.3) is 0 Å². The van der Waals surface area contributed by atoms with Crippen molar-refractivity contribution in [2.24, 2.45) is 12.0 Å². The first-order valence-corrected chi connectivity index (χ1v) is 7.72. The molecule has 1 aliphatic heterocycles. The van der Waals surface area contributed by atoms with Crippen molar-refractivity contribution >= 4 is 23.7 Å². The molecule has 1 N–H and O–H groups in total. The number of rotatable bonds is 3. The standard InChI is InChI=1S/C19H16N4O/c1-23-17(10-13-6-3-2-4-7-13)22-16(19(23)24)11-14-12-21-18-15(14)8-5-9-20-18/h2-9,11-12,24H,10H2,1H3/b14-11-. The lowest BCUT2D eigenvalue weighted by Crippen LogP contribution is -1.98. The molecule has 1 aliphatic rings. The lowest BCUT2D eigenvalue weighted by atomic mass is 10.1. The summed E-state index contributed by atoms with van der Waals surface area (Å²) < 4.78 is 1.72. The Kier molecular flexibility index (Phi) is 3.46. The summed E-state index contributed by atoms with van der Waals surface area (Å²) in [5, 5.41) is 10.4. The number of aliphatic imine (C=N–C) groups is 1. The van der Waals surface area contributed by atoms with E-state index in [9.17, 15) is 5.11 Å². The van der Waals surface area contributed by atoms with E-state index in [0.29, 0.717) is 17.9 Å². The van der Waals surface area contributed by atoms with E-state index in [-0.39, 0.29) is 5.88 Å². The Morgan fingerprint density at radius 3 is 2.79 bits per heavy atom. The van der Waals surface area contributed by atoms with E-state index in [1.54, 1.807) is 17.0 Å². The molecular formula is C19H16N4O. The minimum absolute atomic E-state index is 0.152. The number of allylic oxidation sites excluding steroid dienone is 1. The predicted octanol–water partition coefficient (Wildman–Crippen LogP) is 3.37. The summed E-state index contributed by atoms with van der Waals surface area (Å²) in [6, 6.07) is 13.9. The molecule has 5 heteroatoms. The topological polar surface area (TPSA) is 63.3 Å². The molecular weight excluding hydrogens is 300 g/mol. The first kappa shape index (κ1) is 14.4. The van der Waals surface area contributed by atoms with E-state index < -0.39 is 0 Å². The van der Waals surface area contributed by atoms with Gasteiger partial charge in [0, 0.05) is 37.0 Å². The highest BCUT2D eigenvalue weighted by molar-refractivity contribution is 6.20. The van der Waals surface area contributed by atoms with E-state index in [1.807, 2.05) is 43.5 Å². The largest absolute Gasteiger partial charge is 0.493 e. The fraction of sp³-hybridized carbons (Fsp3) is 0.105. The third kappa shape index (κ3) is 2.50. The third-order valence-electron chi connectivity index (χ3n) is 4.10. The molecule has 3 heterocycles. The molecule has 0 spiro atoms. The second-order valence-corrected chi connectivity index (χ2v) is 5.69. The number of benzene rings is 1. The SMILES string of the molecule is Cn1c(Cc2ccccc2)nc(/C=C2/C=Nc3ncccc32)c1O. The van der Waals surface area contributed by atoms with Crippen LogP contribution < -0.4 is 0 Å². The Bertz CT molecular complexity index is 955. The van der Waals surface area contributed by atoms with Crippen LogP contribution in [-0.4, -0.2) is 25.9 Å². The molecule has 0 amide bonds. The molecule has 0 fully saturated rings. The molecule has 0 saturated heterocycles. The van der Waals surface area contributed by atoms with Gasteiger partial charge in [-0.25, -0.2) is 15.0 Å². The van der Waals surface area contributed by atoms with Gasteiger partial charge >= 0.3 is 0 Å². The molecule has 0 bridgehead atoms. The number of aromatic hydroxyl groups is 1. The number of pyridine rings is 1. The van der Waals surface area contributed by atoms with Crippen molar-refractivity contribution < 1.29 is 5.11 Å². The Morgan fingerprint density at radius 2 is 1.96 bits per heavy atom. The van der Waals surface area contributed by atoms with Crippen LogP contribution in [0.2, 0.25) is 0 Å². The summed E-state index contributed by atoms with van der Waals surface area (Å²) in [5.41, 5.74) is 3.55. The van der Waals surface area contributed by atoms with Crippen molar-refractivity contribution in [2.75, 3.05) is 0 Å². The molecule has 2 aromatic heterocycles. The van der Waals surface area contributed by atoms with E-state index in [4.69, 9.17) is 0 Å². The molecule has 24 heavy (non-hydrogen) atoms. The van der Waals surface area contributed by atoms with Gasteiger partial charge in [-0.15, -0.1) is 0 Å². The van der Waals surface area contributed by atoms with Crippen LogP contribution >= 0.6 is 0 Å². The maximum absolute atomic E-state index is 10.4. The van der Waals surface area contributed by atoms with Gasteiger partial charge in [-0.2, -0.15) is 0 Å². The number of hydrogen-bond acceptors (Lipinski definition) is 4. The summed E-state index contributed by atoms with van der Waals surface area (Å²) in [5.74, 6) is 1.66. The maximum Gasteiger partial charge on any atom is 0.218 e.